The van der Waals surface area contributed by atoms with Crippen LogP contribution in [0.15, 0.2) is 65.7 Å². The van der Waals surface area contributed by atoms with Crippen LogP contribution >= 0.6 is 0 Å². The van der Waals surface area contributed by atoms with E-state index in [1.807, 2.05) is 42.5 Å². The second-order valence-corrected chi connectivity index (χ2v) is 10.6. The van der Waals surface area contributed by atoms with Crippen LogP contribution in [-0.2, 0) is 21.1 Å². The van der Waals surface area contributed by atoms with E-state index in [4.69, 9.17) is 0 Å². The molecule has 0 spiro atoms. The van der Waals surface area contributed by atoms with Crippen molar-refractivity contribution >= 4 is 27.2 Å². The maximum Gasteiger partial charge on any atom is 0.233 e. The molecule has 0 bridgehead atoms. The Morgan fingerprint density at radius 3 is 2.42 bits per heavy atom. The number of carbonyl (C=O) groups is 1. The zero-order chi connectivity index (χ0) is 21.9. The largest absolute Gasteiger partial charge is 0.286 e. The Hall–Kier alpha value is -2.77. The van der Waals surface area contributed by atoms with Crippen LogP contribution in [0.5, 0.6) is 0 Å². The van der Waals surface area contributed by atoms with E-state index >= 15 is 0 Å². The maximum absolute atomic E-state index is 13.5. The van der Waals surface area contributed by atoms with Crippen molar-refractivity contribution in [2.24, 2.45) is 0 Å². The lowest BCUT2D eigenvalue weighted by molar-refractivity contribution is -0.151. The van der Waals surface area contributed by atoms with Gasteiger partial charge in [0.2, 0.25) is 6.41 Å². The first kappa shape index (κ1) is 21.5. The molecule has 1 fully saturated rings. The van der Waals surface area contributed by atoms with Gasteiger partial charge in [0, 0.05) is 11.6 Å². The van der Waals surface area contributed by atoms with Crippen LogP contribution in [0.25, 0.3) is 10.9 Å². The van der Waals surface area contributed by atoms with E-state index in [1.54, 1.807) is 18.3 Å². The van der Waals surface area contributed by atoms with Gasteiger partial charge < -0.3 is 0 Å². The van der Waals surface area contributed by atoms with Crippen LogP contribution in [0, 0.1) is 0 Å². The molecule has 2 aromatic carbocycles. The van der Waals surface area contributed by atoms with E-state index in [9.17, 15) is 18.4 Å². The van der Waals surface area contributed by atoms with Gasteiger partial charge >= 0.3 is 0 Å². The van der Waals surface area contributed by atoms with E-state index in [0.717, 1.165) is 41.3 Å². The van der Waals surface area contributed by atoms with Crippen molar-refractivity contribution in [1.82, 2.24) is 10.0 Å². The normalized spacial score (nSPS) is 16.2. The smallest absolute Gasteiger partial charge is 0.233 e. The number of hydrogen-bond donors (Lipinski definition) is 1. The van der Waals surface area contributed by atoms with Gasteiger partial charge in [0.15, 0.2) is 9.84 Å². The van der Waals surface area contributed by atoms with Crippen molar-refractivity contribution in [2.45, 2.75) is 48.2 Å². The van der Waals surface area contributed by atoms with Crippen molar-refractivity contribution in [1.29, 1.82) is 0 Å². The third kappa shape index (κ3) is 4.20. The SMILES string of the molecule is O=CN(O)CC1(S(=O)(=O)c2ccc(Cc3ccnc4ccccc34)cc2)CCCCC1. The fraction of sp³-hybridized carbons (Fsp3) is 0.333. The summed E-state index contributed by atoms with van der Waals surface area (Å²) in [5, 5.41) is 11.3. The molecule has 162 valence electrons. The molecule has 1 amide bonds. The van der Waals surface area contributed by atoms with Crippen molar-refractivity contribution in [2.75, 3.05) is 6.54 Å². The van der Waals surface area contributed by atoms with Crippen molar-refractivity contribution in [3.05, 3.63) is 71.9 Å². The minimum Gasteiger partial charge on any atom is -0.286 e. The number of para-hydroxylation sites is 1. The third-order valence-corrected chi connectivity index (χ3v) is 8.84. The van der Waals surface area contributed by atoms with Crippen LogP contribution in [0.1, 0.15) is 43.2 Å². The Balaban J connectivity index is 1.62. The monoisotopic (exact) mass is 438 g/mol. The molecule has 0 unspecified atom stereocenters. The van der Waals surface area contributed by atoms with Gasteiger partial charge in [-0.2, -0.15) is 0 Å². The number of fused-ring (bicyclic) bond motifs is 1. The lowest BCUT2D eigenvalue weighted by atomic mass is 9.88. The summed E-state index contributed by atoms with van der Waals surface area (Å²) in [5.74, 6) is 0. The zero-order valence-electron chi connectivity index (χ0n) is 17.3. The van der Waals surface area contributed by atoms with Gasteiger partial charge in [0.05, 0.1) is 21.7 Å². The highest BCUT2D eigenvalue weighted by atomic mass is 32.2. The molecule has 1 saturated carbocycles. The molecule has 1 aliphatic rings. The summed E-state index contributed by atoms with van der Waals surface area (Å²) in [5.41, 5.74) is 3.07. The minimum atomic E-state index is -3.72. The van der Waals surface area contributed by atoms with E-state index in [1.165, 1.54) is 0 Å². The number of hydrogen-bond acceptors (Lipinski definition) is 5. The number of aromatic nitrogens is 1. The summed E-state index contributed by atoms with van der Waals surface area (Å²) in [6.07, 6.45) is 6.09. The van der Waals surface area contributed by atoms with Gasteiger partial charge in [-0.25, -0.2) is 13.5 Å². The molecule has 1 aliphatic carbocycles. The van der Waals surface area contributed by atoms with Gasteiger partial charge in [-0.05, 0) is 54.7 Å². The Morgan fingerprint density at radius 2 is 1.71 bits per heavy atom. The van der Waals surface area contributed by atoms with Gasteiger partial charge in [0.1, 0.15) is 0 Å². The number of hydroxylamine groups is 2. The van der Waals surface area contributed by atoms with Gasteiger partial charge in [-0.15, -0.1) is 0 Å². The lowest BCUT2D eigenvalue weighted by Gasteiger charge is -2.37. The van der Waals surface area contributed by atoms with E-state index < -0.39 is 14.6 Å². The number of benzene rings is 2. The summed E-state index contributed by atoms with van der Waals surface area (Å²) < 4.78 is 25.9. The van der Waals surface area contributed by atoms with Crippen molar-refractivity contribution < 1.29 is 18.4 Å². The summed E-state index contributed by atoms with van der Waals surface area (Å²) >= 11 is 0. The molecular weight excluding hydrogens is 412 g/mol. The Kier molecular flexibility index (Phi) is 6.07. The Labute approximate surface area is 182 Å². The molecule has 0 atom stereocenters. The molecule has 0 saturated heterocycles. The molecule has 31 heavy (non-hydrogen) atoms. The zero-order valence-corrected chi connectivity index (χ0v) is 18.1. The Morgan fingerprint density at radius 1 is 1.00 bits per heavy atom. The molecule has 7 heteroatoms. The molecule has 4 rings (SSSR count). The van der Waals surface area contributed by atoms with E-state index in [-0.39, 0.29) is 17.9 Å². The van der Waals surface area contributed by atoms with Crippen LogP contribution in [0.2, 0.25) is 0 Å². The van der Waals surface area contributed by atoms with E-state index in [0.29, 0.717) is 24.3 Å². The van der Waals surface area contributed by atoms with Gasteiger partial charge in [-0.3, -0.25) is 15.0 Å². The first-order valence-electron chi connectivity index (χ1n) is 10.5. The summed E-state index contributed by atoms with van der Waals surface area (Å²) in [4.78, 5) is 15.6. The van der Waals surface area contributed by atoms with Gasteiger partial charge in [-0.1, -0.05) is 49.6 Å². The highest BCUT2D eigenvalue weighted by Gasteiger charge is 2.46. The molecule has 1 N–H and O–H groups in total. The second-order valence-electron chi connectivity index (χ2n) is 8.26. The topological polar surface area (TPSA) is 87.6 Å². The van der Waals surface area contributed by atoms with Crippen LogP contribution in [-0.4, -0.2) is 41.4 Å². The number of nitrogens with zero attached hydrogens (tertiary/aromatic N) is 2. The fourth-order valence-corrected chi connectivity index (χ4v) is 6.73. The first-order valence-corrected chi connectivity index (χ1v) is 12.0. The predicted molar refractivity (Wildman–Crippen MR) is 119 cm³/mol. The van der Waals surface area contributed by atoms with E-state index in [2.05, 4.69) is 4.98 Å². The molecule has 3 aromatic rings. The van der Waals surface area contributed by atoms with Crippen molar-refractivity contribution in [3.8, 4) is 0 Å². The van der Waals surface area contributed by atoms with Gasteiger partial charge in [0.25, 0.3) is 0 Å². The first-order chi connectivity index (χ1) is 14.9. The average Bonchev–Trinajstić information content (AvgIpc) is 2.80. The van der Waals surface area contributed by atoms with Crippen LogP contribution in [0.3, 0.4) is 0 Å². The molecular formula is C24H26N2O4S. The number of amides is 1. The maximum atomic E-state index is 13.5. The number of carbonyl (C=O) groups excluding carboxylic acids is 1. The third-order valence-electron chi connectivity index (χ3n) is 6.27. The standard InChI is InChI=1S/C24H26N2O4S/c27-18-26(28)17-24(13-4-1-5-14-24)31(29,30)21-10-8-19(9-11-21)16-20-12-15-25-23-7-3-2-6-22(20)23/h2-3,6-12,15,18,28H,1,4-5,13-14,16-17H2. The molecule has 0 aliphatic heterocycles. The highest BCUT2D eigenvalue weighted by molar-refractivity contribution is 7.92. The number of rotatable bonds is 7. The molecule has 1 aromatic heterocycles. The predicted octanol–water partition coefficient (Wildman–Crippen LogP) is 4.15. The molecule has 1 heterocycles. The number of pyridine rings is 1. The lowest BCUT2D eigenvalue weighted by Crippen LogP contribution is -2.49. The Bertz CT molecular complexity index is 1160. The highest BCUT2D eigenvalue weighted by Crippen LogP contribution is 2.39. The van der Waals surface area contributed by atoms with Crippen LogP contribution in [0.4, 0.5) is 0 Å². The molecule has 0 radical (unpaired) electrons. The van der Waals surface area contributed by atoms with Crippen molar-refractivity contribution in [3.63, 3.8) is 0 Å². The molecule has 6 nitrogen and oxygen atoms in total. The average molecular weight is 439 g/mol. The minimum absolute atomic E-state index is 0.205. The van der Waals surface area contributed by atoms with Crippen LogP contribution < -0.4 is 0 Å². The fourth-order valence-electron chi connectivity index (χ4n) is 4.61. The summed E-state index contributed by atoms with van der Waals surface area (Å²) in [7, 11) is -3.72. The number of sulfone groups is 1. The second kappa shape index (κ2) is 8.77. The quantitative estimate of drug-likeness (QED) is 0.340. The summed E-state index contributed by atoms with van der Waals surface area (Å²) in [6.45, 7) is -0.205. The summed E-state index contributed by atoms with van der Waals surface area (Å²) in [6, 6.07) is 16.9.